The summed E-state index contributed by atoms with van der Waals surface area (Å²) in [5.41, 5.74) is 1.26. The number of esters is 1. The lowest BCUT2D eigenvalue weighted by molar-refractivity contribution is -0.132. The minimum Gasteiger partial charge on any atom is -0.507 e. The predicted molar refractivity (Wildman–Crippen MR) is 129 cm³/mol. The number of carbonyl (C=O) groups is 3. The molecule has 1 saturated heterocycles. The standard InChI is InChI=1S/C27H23NO7/c1-33-19-12-13-20(21(15-19)34-2)24(29)22-23(16-8-5-4-6-9-16)28(26(31)25(22)30)18-11-7-10-17(14-18)27(32)35-3/h4-15,23,29H,1-3H3/b24-22-. The lowest BCUT2D eigenvalue weighted by atomic mass is 9.94. The van der Waals surface area contributed by atoms with Crippen molar-refractivity contribution in [3.8, 4) is 11.5 Å². The van der Waals surface area contributed by atoms with E-state index < -0.39 is 23.7 Å². The number of amides is 1. The molecule has 35 heavy (non-hydrogen) atoms. The first-order chi connectivity index (χ1) is 16.9. The molecule has 0 bridgehead atoms. The quantitative estimate of drug-likeness (QED) is 0.249. The summed E-state index contributed by atoms with van der Waals surface area (Å²) in [6.45, 7) is 0. The molecule has 1 atom stereocenters. The number of aliphatic hydroxyl groups is 1. The van der Waals surface area contributed by atoms with E-state index >= 15 is 0 Å². The van der Waals surface area contributed by atoms with E-state index in [1.807, 2.05) is 0 Å². The van der Waals surface area contributed by atoms with Crippen LogP contribution in [0.1, 0.15) is 27.5 Å². The molecule has 1 unspecified atom stereocenters. The van der Waals surface area contributed by atoms with Crippen LogP contribution in [0.3, 0.4) is 0 Å². The van der Waals surface area contributed by atoms with Gasteiger partial charge in [-0.1, -0.05) is 36.4 Å². The van der Waals surface area contributed by atoms with Crippen LogP contribution in [-0.4, -0.2) is 44.1 Å². The van der Waals surface area contributed by atoms with E-state index in [9.17, 15) is 19.5 Å². The molecule has 0 spiro atoms. The van der Waals surface area contributed by atoms with Gasteiger partial charge in [-0.05, 0) is 35.9 Å². The smallest absolute Gasteiger partial charge is 0.337 e. The number of hydrogen-bond donors (Lipinski definition) is 1. The SMILES string of the molecule is COC(=O)c1cccc(N2C(=O)C(=O)/C(=C(\O)c3ccc(OC)cc3OC)C2c2ccccc2)c1. The molecule has 1 heterocycles. The maximum Gasteiger partial charge on any atom is 0.337 e. The highest BCUT2D eigenvalue weighted by molar-refractivity contribution is 6.51. The zero-order chi connectivity index (χ0) is 25.1. The number of Topliss-reactive ketones (excluding diaryl/α,β-unsaturated/α-hetero) is 1. The van der Waals surface area contributed by atoms with E-state index in [1.54, 1.807) is 66.7 Å². The van der Waals surface area contributed by atoms with Gasteiger partial charge in [0.1, 0.15) is 17.3 Å². The van der Waals surface area contributed by atoms with Gasteiger partial charge in [-0.15, -0.1) is 0 Å². The summed E-state index contributed by atoms with van der Waals surface area (Å²) in [6, 6.07) is 18.9. The van der Waals surface area contributed by atoms with Gasteiger partial charge in [-0.3, -0.25) is 14.5 Å². The van der Waals surface area contributed by atoms with E-state index in [-0.39, 0.29) is 28.2 Å². The van der Waals surface area contributed by atoms with Crippen LogP contribution in [0.5, 0.6) is 11.5 Å². The number of ketones is 1. The highest BCUT2D eigenvalue weighted by Gasteiger charge is 2.47. The number of aliphatic hydroxyl groups excluding tert-OH is 1. The zero-order valence-corrected chi connectivity index (χ0v) is 19.3. The lowest BCUT2D eigenvalue weighted by Crippen LogP contribution is -2.29. The van der Waals surface area contributed by atoms with Crippen molar-refractivity contribution in [3.63, 3.8) is 0 Å². The Balaban J connectivity index is 1.94. The van der Waals surface area contributed by atoms with E-state index in [4.69, 9.17) is 14.2 Å². The second-order valence-electron chi connectivity index (χ2n) is 7.69. The molecule has 1 fully saturated rings. The largest absolute Gasteiger partial charge is 0.507 e. The first kappa shape index (κ1) is 23.6. The Bertz CT molecular complexity index is 1330. The number of nitrogens with zero attached hydrogens (tertiary/aromatic N) is 1. The number of hydrogen-bond acceptors (Lipinski definition) is 7. The van der Waals surface area contributed by atoms with Gasteiger partial charge < -0.3 is 19.3 Å². The molecule has 0 radical (unpaired) electrons. The average molecular weight is 473 g/mol. The number of ether oxygens (including phenoxy) is 3. The first-order valence-electron chi connectivity index (χ1n) is 10.7. The van der Waals surface area contributed by atoms with Crippen molar-refractivity contribution in [1.82, 2.24) is 0 Å². The topological polar surface area (TPSA) is 102 Å². The molecule has 0 saturated carbocycles. The Morgan fingerprint density at radius 3 is 2.29 bits per heavy atom. The van der Waals surface area contributed by atoms with E-state index in [0.717, 1.165) is 0 Å². The van der Waals surface area contributed by atoms with Crippen molar-refractivity contribution < 1.29 is 33.7 Å². The summed E-state index contributed by atoms with van der Waals surface area (Å²) >= 11 is 0. The van der Waals surface area contributed by atoms with Crippen LogP contribution in [0, 0.1) is 0 Å². The van der Waals surface area contributed by atoms with E-state index in [0.29, 0.717) is 17.0 Å². The average Bonchev–Trinajstić information content (AvgIpc) is 3.18. The molecule has 8 nitrogen and oxygen atoms in total. The molecular formula is C27H23NO7. The van der Waals surface area contributed by atoms with E-state index in [2.05, 4.69) is 0 Å². The zero-order valence-electron chi connectivity index (χ0n) is 19.3. The van der Waals surface area contributed by atoms with Crippen LogP contribution in [0.15, 0.2) is 78.4 Å². The molecule has 1 aliphatic rings. The minimum atomic E-state index is -0.948. The normalized spacial score (nSPS) is 16.8. The Labute approximate surface area is 202 Å². The molecule has 1 aliphatic heterocycles. The molecule has 3 aromatic carbocycles. The van der Waals surface area contributed by atoms with Crippen molar-refractivity contribution in [1.29, 1.82) is 0 Å². The van der Waals surface area contributed by atoms with Crippen molar-refractivity contribution in [2.45, 2.75) is 6.04 Å². The number of carbonyl (C=O) groups excluding carboxylic acids is 3. The van der Waals surface area contributed by atoms with Gasteiger partial charge in [0.25, 0.3) is 11.7 Å². The third kappa shape index (κ3) is 4.21. The number of rotatable bonds is 6. The van der Waals surface area contributed by atoms with Crippen molar-refractivity contribution in [2.75, 3.05) is 26.2 Å². The third-order valence-corrected chi connectivity index (χ3v) is 5.77. The van der Waals surface area contributed by atoms with Gasteiger partial charge >= 0.3 is 5.97 Å². The lowest BCUT2D eigenvalue weighted by Gasteiger charge is -2.26. The second kappa shape index (κ2) is 9.72. The summed E-state index contributed by atoms with van der Waals surface area (Å²) in [7, 11) is 4.18. The summed E-state index contributed by atoms with van der Waals surface area (Å²) in [6.07, 6.45) is 0. The van der Waals surface area contributed by atoms with Gasteiger partial charge in [0.2, 0.25) is 0 Å². The number of anilines is 1. The van der Waals surface area contributed by atoms with Crippen LogP contribution < -0.4 is 14.4 Å². The highest BCUT2D eigenvalue weighted by Crippen LogP contribution is 2.43. The van der Waals surface area contributed by atoms with Crippen LogP contribution in [0.25, 0.3) is 5.76 Å². The fourth-order valence-electron chi connectivity index (χ4n) is 4.09. The Morgan fingerprint density at radius 1 is 0.886 bits per heavy atom. The molecule has 0 aliphatic carbocycles. The van der Waals surface area contributed by atoms with Gasteiger partial charge in [-0.2, -0.15) is 0 Å². The highest BCUT2D eigenvalue weighted by atomic mass is 16.5. The fraction of sp³-hybridized carbons (Fsp3) is 0.148. The molecule has 1 amide bonds. The molecule has 4 rings (SSSR count). The second-order valence-corrected chi connectivity index (χ2v) is 7.69. The van der Waals surface area contributed by atoms with Crippen molar-refractivity contribution >= 4 is 29.1 Å². The molecule has 8 heteroatoms. The summed E-state index contributed by atoms with van der Waals surface area (Å²) in [4.78, 5) is 40.0. The first-order valence-corrected chi connectivity index (χ1v) is 10.7. The van der Waals surface area contributed by atoms with Crippen LogP contribution in [0.4, 0.5) is 5.69 Å². The summed E-state index contributed by atoms with van der Waals surface area (Å²) in [5.74, 6) is -1.90. The minimum absolute atomic E-state index is 0.104. The maximum absolute atomic E-state index is 13.3. The van der Waals surface area contributed by atoms with Crippen LogP contribution in [0.2, 0.25) is 0 Å². The van der Waals surface area contributed by atoms with Gasteiger partial charge in [-0.25, -0.2) is 4.79 Å². The van der Waals surface area contributed by atoms with Crippen LogP contribution >= 0.6 is 0 Å². The molecular weight excluding hydrogens is 450 g/mol. The van der Waals surface area contributed by atoms with E-state index in [1.165, 1.54) is 32.3 Å². The molecule has 1 N–H and O–H groups in total. The number of benzene rings is 3. The fourth-order valence-corrected chi connectivity index (χ4v) is 4.09. The summed E-state index contributed by atoms with van der Waals surface area (Å²) in [5, 5.41) is 11.3. The predicted octanol–water partition coefficient (Wildman–Crippen LogP) is 4.12. The molecule has 178 valence electrons. The monoisotopic (exact) mass is 473 g/mol. The van der Waals surface area contributed by atoms with Crippen LogP contribution in [-0.2, 0) is 14.3 Å². The Kier molecular flexibility index (Phi) is 6.55. The maximum atomic E-state index is 13.3. The molecule has 0 aromatic heterocycles. The van der Waals surface area contributed by atoms with Gasteiger partial charge in [0.05, 0.1) is 44.1 Å². The summed E-state index contributed by atoms with van der Waals surface area (Å²) < 4.78 is 15.4. The number of methoxy groups -OCH3 is 3. The van der Waals surface area contributed by atoms with Crippen molar-refractivity contribution in [2.24, 2.45) is 0 Å². The molecule has 3 aromatic rings. The van der Waals surface area contributed by atoms with Gasteiger partial charge in [0, 0.05) is 11.8 Å². The Hall–Kier alpha value is -4.59. The van der Waals surface area contributed by atoms with Gasteiger partial charge in [0.15, 0.2) is 0 Å². The Morgan fingerprint density at radius 2 is 1.63 bits per heavy atom. The van der Waals surface area contributed by atoms with Crippen molar-refractivity contribution in [3.05, 3.63) is 95.1 Å². The third-order valence-electron chi connectivity index (χ3n) is 5.77.